The zero-order valence-corrected chi connectivity index (χ0v) is 23.8. The SMILES string of the molecule is CCn1nnc([C@H]2O[C@@H](n3cnc4c(NCCC(C)(C)C)nc(N(CO)CCc5ccccc5)nc43)[C@H](O)[C@@H]2O)n1. The van der Waals surface area contributed by atoms with Gasteiger partial charge in [-0.1, -0.05) is 51.1 Å². The number of nitrogens with zero attached hydrogens (tertiary/aromatic N) is 9. The second kappa shape index (κ2) is 12.0. The molecule has 4 aromatic rings. The van der Waals surface area contributed by atoms with Crippen LogP contribution in [0, 0.1) is 5.41 Å². The molecule has 14 nitrogen and oxygen atoms in total. The molecule has 0 spiro atoms. The molecule has 1 fully saturated rings. The molecule has 220 valence electrons. The van der Waals surface area contributed by atoms with Crippen LogP contribution in [0.2, 0.25) is 0 Å². The smallest absolute Gasteiger partial charge is 0.231 e. The number of ether oxygens (including phenoxy) is 1. The van der Waals surface area contributed by atoms with Crippen molar-refractivity contribution in [3.63, 3.8) is 0 Å². The fourth-order valence-corrected chi connectivity index (χ4v) is 4.66. The Morgan fingerprint density at radius 3 is 2.56 bits per heavy atom. The zero-order valence-electron chi connectivity index (χ0n) is 23.8. The number of imidazole rings is 1. The van der Waals surface area contributed by atoms with Crippen LogP contribution in [0.1, 0.15) is 57.8 Å². The topological polar surface area (TPSA) is 172 Å². The Kier molecular flexibility index (Phi) is 8.45. The van der Waals surface area contributed by atoms with E-state index in [9.17, 15) is 15.3 Å². The molecule has 1 aliphatic rings. The van der Waals surface area contributed by atoms with E-state index in [2.05, 4.69) is 46.5 Å². The van der Waals surface area contributed by atoms with E-state index in [1.807, 2.05) is 37.3 Å². The highest BCUT2D eigenvalue weighted by molar-refractivity contribution is 5.84. The van der Waals surface area contributed by atoms with Gasteiger partial charge in [-0.25, -0.2) is 4.98 Å². The van der Waals surface area contributed by atoms with Gasteiger partial charge in [0.2, 0.25) is 11.8 Å². The minimum atomic E-state index is -1.31. The van der Waals surface area contributed by atoms with Crippen LogP contribution in [-0.2, 0) is 17.7 Å². The van der Waals surface area contributed by atoms with E-state index in [-0.39, 0.29) is 18.0 Å². The van der Waals surface area contributed by atoms with Crippen LogP contribution in [0.25, 0.3) is 11.2 Å². The van der Waals surface area contributed by atoms with E-state index in [4.69, 9.17) is 14.7 Å². The molecule has 0 unspecified atom stereocenters. The van der Waals surface area contributed by atoms with Crippen molar-refractivity contribution in [2.75, 3.05) is 30.0 Å². The van der Waals surface area contributed by atoms with Crippen LogP contribution < -0.4 is 10.2 Å². The summed E-state index contributed by atoms with van der Waals surface area (Å²) < 4.78 is 7.65. The molecule has 0 saturated carbocycles. The summed E-state index contributed by atoms with van der Waals surface area (Å²) in [5.74, 6) is 0.980. The lowest BCUT2D eigenvalue weighted by atomic mass is 9.92. The van der Waals surface area contributed by atoms with Crippen LogP contribution in [0.4, 0.5) is 11.8 Å². The standard InChI is InChI=1S/C27H38N10O4/c1-5-37-33-23(32-34-37)21-19(39)20(40)25(41-21)36-15-29-18-22(28-13-12-27(2,3)4)30-26(31-24(18)36)35(16-38)14-11-17-9-7-6-8-10-17/h6-10,15,19-21,25,38-40H,5,11-14,16H2,1-4H3,(H,28,30,31)/t19-,20+,21-,25+/m0/s1. The summed E-state index contributed by atoms with van der Waals surface area (Å²) >= 11 is 0. The van der Waals surface area contributed by atoms with Crippen molar-refractivity contribution in [1.82, 2.24) is 39.7 Å². The van der Waals surface area contributed by atoms with Gasteiger partial charge in [0, 0.05) is 13.1 Å². The van der Waals surface area contributed by atoms with E-state index < -0.39 is 24.5 Å². The Morgan fingerprint density at radius 2 is 1.88 bits per heavy atom. The average molecular weight is 567 g/mol. The Bertz CT molecular complexity index is 1440. The summed E-state index contributed by atoms with van der Waals surface area (Å²) in [5, 5.41) is 47.7. The molecule has 14 heteroatoms. The van der Waals surface area contributed by atoms with Crippen LogP contribution in [0.3, 0.4) is 0 Å². The van der Waals surface area contributed by atoms with Gasteiger partial charge >= 0.3 is 0 Å². The molecule has 1 saturated heterocycles. The maximum absolute atomic E-state index is 11.0. The summed E-state index contributed by atoms with van der Waals surface area (Å²) in [7, 11) is 0. The lowest BCUT2D eigenvalue weighted by Crippen LogP contribution is -2.30. The fraction of sp³-hybridized carbons (Fsp3) is 0.556. The molecule has 1 aliphatic heterocycles. The van der Waals surface area contributed by atoms with Crippen molar-refractivity contribution < 1.29 is 20.1 Å². The van der Waals surface area contributed by atoms with Crippen LogP contribution in [0.5, 0.6) is 0 Å². The second-order valence-electron chi connectivity index (χ2n) is 11.3. The normalized spacial score (nSPS) is 21.0. The molecule has 0 amide bonds. The molecule has 4 heterocycles. The summed E-state index contributed by atoms with van der Waals surface area (Å²) in [5.41, 5.74) is 2.09. The van der Waals surface area contributed by atoms with Gasteiger partial charge in [-0.05, 0) is 36.0 Å². The number of aliphatic hydroxyl groups is 3. The van der Waals surface area contributed by atoms with E-state index in [1.54, 1.807) is 9.47 Å². The lowest BCUT2D eigenvalue weighted by Gasteiger charge is -2.22. The molecule has 0 bridgehead atoms. The number of nitrogens with one attached hydrogen (secondary N) is 1. The first-order chi connectivity index (χ1) is 19.7. The van der Waals surface area contributed by atoms with Crippen molar-refractivity contribution in [1.29, 1.82) is 0 Å². The monoisotopic (exact) mass is 566 g/mol. The maximum Gasteiger partial charge on any atom is 0.231 e. The number of rotatable bonds is 11. The number of aryl methyl sites for hydroxylation is 1. The van der Waals surface area contributed by atoms with Crippen molar-refractivity contribution in [2.45, 2.75) is 71.6 Å². The van der Waals surface area contributed by atoms with Gasteiger partial charge in [-0.2, -0.15) is 14.8 Å². The Morgan fingerprint density at radius 1 is 1.10 bits per heavy atom. The molecular formula is C27H38N10O4. The Balaban J connectivity index is 1.48. The number of fused-ring (bicyclic) bond motifs is 1. The van der Waals surface area contributed by atoms with Crippen molar-refractivity contribution in [3.8, 4) is 0 Å². The average Bonchev–Trinajstić information content (AvgIpc) is 3.67. The molecule has 41 heavy (non-hydrogen) atoms. The highest BCUT2D eigenvalue weighted by Gasteiger charge is 2.47. The molecular weight excluding hydrogens is 528 g/mol. The number of aliphatic hydroxyl groups excluding tert-OH is 3. The van der Waals surface area contributed by atoms with Gasteiger partial charge in [0.1, 0.15) is 18.9 Å². The molecule has 4 atom stereocenters. The third-order valence-electron chi connectivity index (χ3n) is 7.06. The molecule has 4 N–H and O–H groups in total. The summed E-state index contributed by atoms with van der Waals surface area (Å²) in [6.07, 6.45) is -1.55. The number of tetrazole rings is 1. The Labute approximate surface area is 238 Å². The number of benzene rings is 1. The molecule has 5 rings (SSSR count). The van der Waals surface area contributed by atoms with Gasteiger partial charge in [0.15, 0.2) is 29.3 Å². The minimum Gasteiger partial charge on any atom is -0.387 e. The highest BCUT2D eigenvalue weighted by Crippen LogP contribution is 2.39. The van der Waals surface area contributed by atoms with Gasteiger partial charge in [-0.3, -0.25) is 4.57 Å². The number of hydrogen-bond acceptors (Lipinski definition) is 12. The van der Waals surface area contributed by atoms with E-state index >= 15 is 0 Å². The highest BCUT2D eigenvalue weighted by atomic mass is 16.6. The van der Waals surface area contributed by atoms with Crippen LogP contribution in [-0.4, -0.2) is 87.1 Å². The maximum atomic E-state index is 11.0. The van der Waals surface area contributed by atoms with E-state index in [0.717, 1.165) is 12.0 Å². The summed E-state index contributed by atoms with van der Waals surface area (Å²) in [6.45, 7) is 9.69. The van der Waals surface area contributed by atoms with Gasteiger partial charge in [-0.15, -0.1) is 10.2 Å². The van der Waals surface area contributed by atoms with Crippen molar-refractivity contribution in [3.05, 3.63) is 48.0 Å². The third-order valence-corrected chi connectivity index (χ3v) is 7.06. The first-order valence-electron chi connectivity index (χ1n) is 13.9. The van der Waals surface area contributed by atoms with Crippen molar-refractivity contribution in [2.24, 2.45) is 5.41 Å². The number of aromatic nitrogens is 8. The van der Waals surface area contributed by atoms with Crippen LogP contribution >= 0.6 is 0 Å². The zero-order chi connectivity index (χ0) is 29.1. The van der Waals surface area contributed by atoms with Gasteiger partial charge in [0.25, 0.3) is 0 Å². The van der Waals surface area contributed by atoms with Crippen molar-refractivity contribution >= 4 is 22.9 Å². The fourth-order valence-electron chi connectivity index (χ4n) is 4.66. The second-order valence-corrected chi connectivity index (χ2v) is 11.3. The summed E-state index contributed by atoms with van der Waals surface area (Å²) in [4.78, 5) is 17.1. The predicted octanol–water partition coefficient (Wildman–Crippen LogP) is 1.67. The molecule has 3 aromatic heterocycles. The molecule has 0 radical (unpaired) electrons. The van der Waals surface area contributed by atoms with E-state index in [1.165, 1.54) is 11.1 Å². The lowest BCUT2D eigenvalue weighted by molar-refractivity contribution is -0.0384. The summed E-state index contributed by atoms with van der Waals surface area (Å²) in [6, 6.07) is 9.98. The first kappa shape index (κ1) is 28.8. The molecule has 0 aliphatic carbocycles. The van der Waals surface area contributed by atoms with Gasteiger partial charge in [0.05, 0.1) is 12.9 Å². The largest absolute Gasteiger partial charge is 0.387 e. The number of hydrogen-bond donors (Lipinski definition) is 4. The Hall–Kier alpha value is -3.72. The third kappa shape index (κ3) is 6.30. The number of anilines is 2. The predicted molar refractivity (Wildman–Crippen MR) is 151 cm³/mol. The molecule has 1 aromatic carbocycles. The van der Waals surface area contributed by atoms with Crippen LogP contribution in [0.15, 0.2) is 36.7 Å². The van der Waals surface area contributed by atoms with Gasteiger partial charge < -0.3 is 30.3 Å². The van der Waals surface area contributed by atoms with E-state index in [0.29, 0.717) is 49.0 Å². The minimum absolute atomic E-state index is 0.106. The first-order valence-corrected chi connectivity index (χ1v) is 13.9. The quantitative estimate of drug-likeness (QED) is 0.194.